The number of rotatable bonds is 7. The summed E-state index contributed by atoms with van der Waals surface area (Å²) in [6, 6.07) is 26.9. The van der Waals surface area contributed by atoms with Crippen LogP contribution in [0.2, 0.25) is 5.02 Å². The van der Waals surface area contributed by atoms with Crippen molar-refractivity contribution in [1.29, 1.82) is 0 Å². The van der Waals surface area contributed by atoms with Gasteiger partial charge in [0.05, 0.1) is 19.1 Å². The predicted molar refractivity (Wildman–Crippen MR) is 158 cm³/mol. The van der Waals surface area contributed by atoms with E-state index in [0.717, 1.165) is 11.1 Å². The molecule has 4 aromatic carbocycles. The molecule has 5 rings (SSSR count). The standard InChI is InChI=1S/C34H30ClFN2O4/c1-21-8-10-22(11-9-21)20-37-32(39)31-28(23-6-4-3-5-7-23)29(34(41)42-2)30(24-12-16-26(35)17-13-24)38(31)33(40)25-14-18-27(36)19-15-25/h3-19,28-31H,20H2,1-2H3,(H,37,39). The van der Waals surface area contributed by atoms with Crippen LogP contribution in [-0.4, -0.2) is 35.8 Å². The summed E-state index contributed by atoms with van der Waals surface area (Å²) in [6.07, 6.45) is 0. The Morgan fingerprint density at radius 2 is 1.50 bits per heavy atom. The molecular formula is C34H30ClFN2O4. The third-order valence-corrected chi connectivity index (χ3v) is 7.97. The van der Waals surface area contributed by atoms with Gasteiger partial charge in [0.25, 0.3) is 5.91 Å². The minimum Gasteiger partial charge on any atom is -0.469 e. The zero-order chi connectivity index (χ0) is 29.8. The van der Waals surface area contributed by atoms with E-state index in [0.29, 0.717) is 16.1 Å². The second kappa shape index (κ2) is 12.6. The van der Waals surface area contributed by atoms with E-state index < -0.39 is 47.5 Å². The number of esters is 1. The van der Waals surface area contributed by atoms with Crippen molar-refractivity contribution in [3.05, 3.63) is 142 Å². The first-order valence-corrected chi connectivity index (χ1v) is 14.0. The third-order valence-electron chi connectivity index (χ3n) is 7.72. The number of nitrogens with one attached hydrogen (secondary N) is 1. The van der Waals surface area contributed by atoms with Crippen molar-refractivity contribution in [2.24, 2.45) is 5.92 Å². The monoisotopic (exact) mass is 584 g/mol. The molecule has 0 saturated carbocycles. The molecular weight excluding hydrogens is 555 g/mol. The number of methoxy groups -OCH3 is 1. The summed E-state index contributed by atoms with van der Waals surface area (Å²) in [5.74, 6) is -3.68. The molecule has 1 aliphatic rings. The van der Waals surface area contributed by atoms with Gasteiger partial charge in [-0.05, 0) is 60.0 Å². The molecule has 0 bridgehead atoms. The number of nitrogens with zero attached hydrogens (tertiary/aromatic N) is 1. The van der Waals surface area contributed by atoms with Crippen molar-refractivity contribution in [1.82, 2.24) is 10.2 Å². The number of carbonyl (C=O) groups is 3. The SMILES string of the molecule is COC(=O)C1C(c2ccccc2)C(C(=O)NCc2ccc(C)cc2)N(C(=O)c2ccc(F)cc2)C1c1ccc(Cl)cc1. The lowest BCUT2D eigenvalue weighted by Gasteiger charge is -2.31. The van der Waals surface area contributed by atoms with Gasteiger partial charge in [0.1, 0.15) is 11.9 Å². The molecule has 2 amide bonds. The number of benzene rings is 4. The number of likely N-dealkylation sites (tertiary alicyclic amines) is 1. The van der Waals surface area contributed by atoms with Gasteiger partial charge in [-0.2, -0.15) is 0 Å². The molecule has 4 atom stereocenters. The molecule has 0 aromatic heterocycles. The smallest absolute Gasteiger partial charge is 0.311 e. The van der Waals surface area contributed by atoms with E-state index in [1.54, 1.807) is 24.3 Å². The van der Waals surface area contributed by atoms with Crippen molar-refractivity contribution in [3.8, 4) is 0 Å². The average molecular weight is 585 g/mol. The molecule has 1 N–H and O–H groups in total. The number of aryl methyl sites for hydroxylation is 1. The average Bonchev–Trinajstić information content (AvgIpc) is 3.37. The lowest BCUT2D eigenvalue weighted by atomic mass is 9.80. The summed E-state index contributed by atoms with van der Waals surface area (Å²) >= 11 is 6.20. The maximum Gasteiger partial charge on any atom is 0.311 e. The lowest BCUT2D eigenvalue weighted by Crippen LogP contribution is -2.48. The minimum absolute atomic E-state index is 0.184. The van der Waals surface area contributed by atoms with Crippen LogP contribution in [-0.2, 0) is 20.9 Å². The highest BCUT2D eigenvalue weighted by Crippen LogP contribution is 2.51. The van der Waals surface area contributed by atoms with Crippen molar-refractivity contribution in [2.75, 3.05) is 7.11 Å². The fraction of sp³-hybridized carbons (Fsp3) is 0.206. The molecule has 0 radical (unpaired) electrons. The first kappa shape index (κ1) is 29.0. The Morgan fingerprint density at radius 1 is 0.857 bits per heavy atom. The molecule has 8 heteroatoms. The number of carbonyl (C=O) groups excluding carboxylic acids is 3. The summed E-state index contributed by atoms with van der Waals surface area (Å²) < 4.78 is 19.1. The van der Waals surface area contributed by atoms with Crippen LogP contribution in [0.3, 0.4) is 0 Å². The van der Waals surface area contributed by atoms with Crippen molar-refractivity contribution in [2.45, 2.75) is 31.5 Å². The van der Waals surface area contributed by atoms with Crippen LogP contribution in [0.5, 0.6) is 0 Å². The lowest BCUT2D eigenvalue weighted by molar-refractivity contribution is -0.146. The van der Waals surface area contributed by atoms with Gasteiger partial charge in [0, 0.05) is 23.0 Å². The second-order valence-corrected chi connectivity index (χ2v) is 10.8. The van der Waals surface area contributed by atoms with Gasteiger partial charge in [-0.15, -0.1) is 0 Å². The van der Waals surface area contributed by atoms with E-state index in [9.17, 15) is 18.8 Å². The Bertz CT molecular complexity index is 1560. The van der Waals surface area contributed by atoms with Crippen LogP contribution in [0.25, 0.3) is 0 Å². The number of hydrogen-bond donors (Lipinski definition) is 1. The minimum atomic E-state index is -1.10. The third kappa shape index (κ3) is 5.92. The molecule has 1 fully saturated rings. The molecule has 4 aromatic rings. The molecule has 6 nitrogen and oxygen atoms in total. The summed E-state index contributed by atoms with van der Waals surface area (Å²) in [5, 5.41) is 3.48. The first-order chi connectivity index (χ1) is 20.3. The van der Waals surface area contributed by atoms with Crippen LogP contribution >= 0.6 is 11.6 Å². The Hall–Kier alpha value is -4.49. The van der Waals surface area contributed by atoms with Gasteiger partial charge in [-0.25, -0.2) is 4.39 Å². The van der Waals surface area contributed by atoms with Crippen LogP contribution < -0.4 is 5.32 Å². The fourth-order valence-corrected chi connectivity index (χ4v) is 5.83. The number of hydrogen-bond acceptors (Lipinski definition) is 4. The number of halogens is 2. The molecule has 1 aliphatic heterocycles. The maximum atomic E-state index is 14.3. The quantitative estimate of drug-likeness (QED) is 0.261. The van der Waals surface area contributed by atoms with Gasteiger partial charge < -0.3 is 15.0 Å². The molecule has 1 heterocycles. The molecule has 214 valence electrons. The van der Waals surface area contributed by atoms with Crippen LogP contribution in [0.1, 0.15) is 44.6 Å². The van der Waals surface area contributed by atoms with Crippen molar-refractivity contribution in [3.63, 3.8) is 0 Å². The van der Waals surface area contributed by atoms with Gasteiger partial charge in [-0.3, -0.25) is 14.4 Å². The summed E-state index contributed by atoms with van der Waals surface area (Å²) in [5.41, 5.74) is 3.48. The molecule has 4 unspecified atom stereocenters. The molecule has 42 heavy (non-hydrogen) atoms. The Kier molecular flexibility index (Phi) is 8.69. The Labute approximate surface area is 249 Å². The predicted octanol–water partition coefficient (Wildman–Crippen LogP) is 6.24. The van der Waals surface area contributed by atoms with Gasteiger partial charge >= 0.3 is 5.97 Å². The number of ether oxygens (including phenoxy) is 1. The van der Waals surface area contributed by atoms with Crippen LogP contribution in [0.15, 0.2) is 103 Å². The van der Waals surface area contributed by atoms with E-state index in [1.807, 2.05) is 61.5 Å². The zero-order valence-corrected chi connectivity index (χ0v) is 23.9. The summed E-state index contributed by atoms with van der Waals surface area (Å²) in [4.78, 5) is 43.6. The number of amides is 2. The van der Waals surface area contributed by atoms with E-state index in [1.165, 1.54) is 36.3 Å². The second-order valence-electron chi connectivity index (χ2n) is 10.3. The normalized spacial score (nSPS) is 19.8. The van der Waals surface area contributed by atoms with Crippen molar-refractivity contribution < 1.29 is 23.5 Å². The van der Waals surface area contributed by atoms with E-state index in [4.69, 9.17) is 16.3 Å². The topological polar surface area (TPSA) is 75.7 Å². The highest BCUT2D eigenvalue weighted by atomic mass is 35.5. The Balaban J connectivity index is 1.67. The molecule has 0 spiro atoms. The maximum absolute atomic E-state index is 14.3. The molecule has 1 saturated heterocycles. The van der Waals surface area contributed by atoms with E-state index in [2.05, 4.69) is 5.32 Å². The van der Waals surface area contributed by atoms with E-state index in [-0.39, 0.29) is 12.1 Å². The fourth-order valence-electron chi connectivity index (χ4n) is 5.70. The highest BCUT2D eigenvalue weighted by Gasteiger charge is 2.58. The van der Waals surface area contributed by atoms with Gasteiger partial charge in [0.15, 0.2) is 0 Å². The summed E-state index contributed by atoms with van der Waals surface area (Å²) in [7, 11) is 1.29. The zero-order valence-electron chi connectivity index (χ0n) is 23.2. The Morgan fingerprint density at radius 3 is 2.12 bits per heavy atom. The van der Waals surface area contributed by atoms with Crippen LogP contribution in [0.4, 0.5) is 4.39 Å². The summed E-state index contributed by atoms with van der Waals surface area (Å²) in [6.45, 7) is 2.21. The molecule has 0 aliphatic carbocycles. The van der Waals surface area contributed by atoms with Gasteiger partial charge in [-0.1, -0.05) is 83.9 Å². The largest absolute Gasteiger partial charge is 0.469 e. The first-order valence-electron chi connectivity index (χ1n) is 13.6. The van der Waals surface area contributed by atoms with Crippen LogP contribution in [0, 0.1) is 18.7 Å². The van der Waals surface area contributed by atoms with E-state index >= 15 is 0 Å². The van der Waals surface area contributed by atoms with Crippen molar-refractivity contribution >= 4 is 29.4 Å². The highest BCUT2D eigenvalue weighted by molar-refractivity contribution is 6.30. The van der Waals surface area contributed by atoms with Gasteiger partial charge in [0.2, 0.25) is 5.91 Å².